The first-order valence-corrected chi connectivity index (χ1v) is 5.26. The Kier molecular flexibility index (Phi) is 3.62. The van der Waals surface area contributed by atoms with E-state index in [2.05, 4.69) is 0 Å². The minimum atomic E-state index is -4.91. The minimum absolute atomic E-state index is 0.218. The van der Waals surface area contributed by atoms with E-state index >= 15 is 0 Å². The third-order valence-electron chi connectivity index (χ3n) is 1.58. The van der Waals surface area contributed by atoms with Crippen molar-refractivity contribution in [2.45, 2.75) is 11.1 Å². The monoisotopic (exact) mass is 236 g/mol. The molecule has 1 unspecified atom stereocenters. The van der Waals surface area contributed by atoms with Crippen LogP contribution in [0, 0.1) is 0 Å². The van der Waals surface area contributed by atoms with Crippen molar-refractivity contribution in [1.29, 1.82) is 0 Å². The van der Waals surface area contributed by atoms with Crippen LogP contribution in [-0.4, -0.2) is 21.9 Å². The molecule has 0 aliphatic carbocycles. The van der Waals surface area contributed by atoms with Crippen LogP contribution in [-0.2, 0) is 15.6 Å². The number of hydrogen-bond donors (Lipinski definition) is 0. The Balaban J connectivity index is 2.70. The lowest BCUT2D eigenvalue weighted by Crippen LogP contribution is -2.27. The molecule has 0 saturated carbocycles. The average molecular weight is 236 g/mol. The smallest absolute Gasteiger partial charge is 0.289 e. The zero-order valence-corrected chi connectivity index (χ0v) is 8.27. The predicted molar refractivity (Wildman–Crippen MR) is 48.8 cm³/mol. The second-order valence-corrected chi connectivity index (χ2v) is 4.17. The Hall–Kier alpha value is -1.17. The molecule has 1 rings (SSSR count). The summed E-state index contributed by atoms with van der Waals surface area (Å²) in [7, 11) is -1.93. The van der Waals surface area contributed by atoms with Crippen LogP contribution in [0.4, 0.5) is 13.2 Å². The fourth-order valence-electron chi connectivity index (χ4n) is 0.857. The molecule has 0 aliphatic heterocycles. The summed E-state index contributed by atoms with van der Waals surface area (Å²) in [5.41, 5.74) is 0. The maximum atomic E-state index is 11.8. The molecule has 0 aromatic heterocycles. The molecule has 6 heteroatoms. The maximum absolute atomic E-state index is 11.8. The summed E-state index contributed by atoms with van der Waals surface area (Å²) in [6.07, 6.45) is -4.91. The number of Topliss-reactive ketones (excluding diaryl/α,β-unsaturated/α-hetero) is 1. The third kappa shape index (κ3) is 3.47. The van der Waals surface area contributed by atoms with Crippen LogP contribution < -0.4 is 0 Å². The molecule has 0 N–H and O–H groups in total. The molecule has 1 aromatic rings. The summed E-state index contributed by atoms with van der Waals surface area (Å²) in [6, 6.07) is 7.57. The van der Waals surface area contributed by atoms with Gasteiger partial charge in [0.05, 0.1) is 16.6 Å². The molecule has 0 amide bonds. The number of carbonyl (C=O) groups is 1. The first-order valence-electron chi connectivity index (χ1n) is 3.94. The Bertz CT molecular complexity index is 373. The van der Waals surface area contributed by atoms with Gasteiger partial charge in [-0.1, -0.05) is 18.2 Å². The van der Waals surface area contributed by atoms with E-state index < -0.39 is 28.5 Å². The highest BCUT2D eigenvalue weighted by Crippen LogP contribution is 2.17. The second kappa shape index (κ2) is 4.57. The molecule has 15 heavy (non-hydrogen) atoms. The van der Waals surface area contributed by atoms with Gasteiger partial charge < -0.3 is 0 Å². The number of ketones is 1. The number of benzene rings is 1. The van der Waals surface area contributed by atoms with Gasteiger partial charge in [-0.25, -0.2) is 0 Å². The fourth-order valence-corrected chi connectivity index (χ4v) is 1.89. The molecular weight excluding hydrogens is 229 g/mol. The van der Waals surface area contributed by atoms with E-state index in [4.69, 9.17) is 0 Å². The first kappa shape index (κ1) is 11.9. The number of rotatable bonds is 3. The molecule has 0 spiro atoms. The molecular formula is C9H7F3O2S. The first-order chi connectivity index (χ1) is 6.91. The SMILES string of the molecule is O=C(CS(=O)c1ccccc1)C(F)(F)F. The summed E-state index contributed by atoms with van der Waals surface area (Å²) in [5.74, 6) is -2.99. The van der Waals surface area contributed by atoms with E-state index in [1.807, 2.05) is 0 Å². The van der Waals surface area contributed by atoms with Crippen LogP contribution in [0.2, 0.25) is 0 Å². The molecule has 0 saturated heterocycles. The lowest BCUT2D eigenvalue weighted by Gasteiger charge is -2.04. The topological polar surface area (TPSA) is 34.1 Å². The molecule has 0 aliphatic rings. The van der Waals surface area contributed by atoms with E-state index in [0.29, 0.717) is 0 Å². The quantitative estimate of drug-likeness (QED) is 0.803. The fraction of sp³-hybridized carbons (Fsp3) is 0.222. The van der Waals surface area contributed by atoms with Gasteiger partial charge in [0, 0.05) is 4.90 Å². The van der Waals surface area contributed by atoms with E-state index in [0.717, 1.165) is 0 Å². The van der Waals surface area contributed by atoms with E-state index in [1.54, 1.807) is 18.2 Å². The summed E-state index contributed by atoms with van der Waals surface area (Å²) in [6.45, 7) is 0. The largest absolute Gasteiger partial charge is 0.450 e. The van der Waals surface area contributed by atoms with Crippen LogP contribution in [0.15, 0.2) is 35.2 Å². The van der Waals surface area contributed by atoms with Crippen LogP contribution in [0.5, 0.6) is 0 Å². The van der Waals surface area contributed by atoms with Crippen LogP contribution in [0.1, 0.15) is 0 Å². The van der Waals surface area contributed by atoms with Gasteiger partial charge in [0.25, 0.3) is 0 Å². The minimum Gasteiger partial charge on any atom is -0.289 e. The zero-order valence-electron chi connectivity index (χ0n) is 7.45. The van der Waals surface area contributed by atoms with Crippen molar-refractivity contribution in [3.8, 4) is 0 Å². The molecule has 0 bridgehead atoms. The predicted octanol–water partition coefficient (Wildman–Crippen LogP) is 1.93. The van der Waals surface area contributed by atoms with Gasteiger partial charge in [-0.05, 0) is 12.1 Å². The molecule has 0 heterocycles. The molecule has 0 fully saturated rings. The van der Waals surface area contributed by atoms with Crippen molar-refractivity contribution >= 4 is 16.6 Å². The van der Waals surface area contributed by atoms with Crippen LogP contribution >= 0.6 is 0 Å². The van der Waals surface area contributed by atoms with Crippen LogP contribution in [0.25, 0.3) is 0 Å². The van der Waals surface area contributed by atoms with E-state index in [-0.39, 0.29) is 4.90 Å². The molecule has 1 aromatic carbocycles. The number of carbonyl (C=O) groups excluding carboxylic acids is 1. The van der Waals surface area contributed by atoms with Gasteiger partial charge in [0.1, 0.15) is 0 Å². The van der Waals surface area contributed by atoms with Gasteiger partial charge in [-0.3, -0.25) is 9.00 Å². The van der Waals surface area contributed by atoms with E-state index in [9.17, 15) is 22.2 Å². The molecule has 0 radical (unpaired) electrons. The van der Waals surface area contributed by atoms with Gasteiger partial charge in [-0.2, -0.15) is 13.2 Å². The van der Waals surface area contributed by atoms with Crippen molar-refractivity contribution in [2.75, 3.05) is 5.75 Å². The normalized spacial score (nSPS) is 13.5. The van der Waals surface area contributed by atoms with Crippen LogP contribution in [0.3, 0.4) is 0 Å². The highest BCUT2D eigenvalue weighted by Gasteiger charge is 2.39. The van der Waals surface area contributed by atoms with E-state index in [1.165, 1.54) is 12.1 Å². The highest BCUT2D eigenvalue weighted by atomic mass is 32.2. The highest BCUT2D eigenvalue weighted by molar-refractivity contribution is 7.85. The van der Waals surface area contributed by atoms with Crippen molar-refractivity contribution in [2.24, 2.45) is 0 Å². The van der Waals surface area contributed by atoms with Crippen molar-refractivity contribution in [1.82, 2.24) is 0 Å². The van der Waals surface area contributed by atoms with Gasteiger partial charge >= 0.3 is 6.18 Å². The van der Waals surface area contributed by atoms with Gasteiger partial charge in [0.2, 0.25) is 5.78 Å². The Morgan fingerprint density at radius 1 is 1.20 bits per heavy atom. The second-order valence-electron chi connectivity index (χ2n) is 2.72. The van der Waals surface area contributed by atoms with Crippen molar-refractivity contribution < 1.29 is 22.2 Å². The molecule has 2 nitrogen and oxygen atoms in total. The number of hydrogen-bond acceptors (Lipinski definition) is 2. The molecule has 1 atom stereocenters. The summed E-state index contributed by atoms with van der Waals surface area (Å²) < 4.78 is 46.8. The Labute approximate surface area is 86.6 Å². The van der Waals surface area contributed by atoms with Gasteiger partial charge in [-0.15, -0.1) is 0 Å². The molecule has 82 valence electrons. The lowest BCUT2D eigenvalue weighted by atomic mass is 10.4. The Morgan fingerprint density at radius 2 is 1.73 bits per heavy atom. The number of halogens is 3. The van der Waals surface area contributed by atoms with Gasteiger partial charge in [0.15, 0.2) is 0 Å². The summed E-state index contributed by atoms with van der Waals surface area (Å²) in [4.78, 5) is 10.7. The zero-order chi connectivity index (χ0) is 11.5. The van der Waals surface area contributed by atoms with Crippen molar-refractivity contribution in [3.63, 3.8) is 0 Å². The Morgan fingerprint density at radius 3 is 2.20 bits per heavy atom. The maximum Gasteiger partial charge on any atom is 0.450 e. The summed E-state index contributed by atoms with van der Waals surface area (Å²) >= 11 is 0. The lowest BCUT2D eigenvalue weighted by molar-refractivity contribution is -0.168. The summed E-state index contributed by atoms with van der Waals surface area (Å²) in [5, 5.41) is 0. The standard InChI is InChI=1S/C9H7F3O2S/c10-9(11,12)8(13)6-15(14)7-4-2-1-3-5-7/h1-5H,6H2. The van der Waals surface area contributed by atoms with Crippen molar-refractivity contribution in [3.05, 3.63) is 30.3 Å². The third-order valence-corrected chi connectivity index (χ3v) is 2.91. The number of alkyl halides is 3. The average Bonchev–Trinajstić information content (AvgIpc) is 2.17.